The van der Waals surface area contributed by atoms with Crippen LogP contribution in [0.15, 0.2) is 133 Å². The van der Waals surface area contributed by atoms with Gasteiger partial charge in [-0.05, 0) is 0 Å². The Kier molecular flexibility index (Phi) is 4.28. The molecule has 0 bridgehead atoms. The second kappa shape index (κ2) is 7.95. The predicted octanol–water partition coefficient (Wildman–Crippen LogP) is 11.0. The third-order valence-electron chi connectivity index (χ3n) is 9.13. The molecule has 188 valence electrons. The molecule has 10 rings (SSSR count). The van der Waals surface area contributed by atoms with Crippen LogP contribution in [0, 0.1) is 0 Å². The van der Waals surface area contributed by atoms with Crippen LogP contribution < -0.4 is 0 Å². The number of hydrogen-bond acceptors (Lipinski definition) is 0. The first kappa shape index (κ1) is 22.1. The Balaban J connectivity index is 1.50. The summed E-state index contributed by atoms with van der Waals surface area (Å²) in [7, 11) is 0. The molecule has 0 radical (unpaired) electrons. The maximum absolute atomic E-state index is 2.52. The Labute approximate surface area is 242 Å². The van der Waals surface area contributed by atoms with Crippen molar-refractivity contribution in [2.24, 2.45) is 0 Å². The molecule has 0 saturated heterocycles. The average molecular weight is 582 g/mol. The number of fused-ring (bicyclic) bond motifs is 3. The summed E-state index contributed by atoms with van der Waals surface area (Å²) < 4.78 is 3.00. The van der Waals surface area contributed by atoms with Crippen molar-refractivity contribution in [3.05, 3.63) is 133 Å². The number of rotatable bonds is 3. The molecule has 1 heteroatoms. The van der Waals surface area contributed by atoms with Gasteiger partial charge in [-0.3, -0.25) is 0 Å². The van der Waals surface area contributed by atoms with Gasteiger partial charge in [0.2, 0.25) is 0 Å². The van der Waals surface area contributed by atoms with E-state index in [0.717, 1.165) is 0 Å². The van der Waals surface area contributed by atoms with E-state index in [9.17, 15) is 0 Å². The van der Waals surface area contributed by atoms with Crippen molar-refractivity contribution in [1.29, 1.82) is 0 Å². The fourth-order valence-corrected chi connectivity index (χ4v) is 9.92. The molecule has 0 saturated carbocycles. The molecule has 0 nitrogen and oxygen atoms in total. The topological polar surface area (TPSA) is 0 Å². The molecule has 0 spiro atoms. The zero-order valence-electron chi connectivity index (χ0n) is 22.1. The van der Waals surface area contributed by atoms with Crippen LogP contribution in [0.4, 0.5) is 0 Å². The molecule has 0 amide bonds. The normalized spacial score (nSPS) is 12.4. The Morgan fingerprint density at radius 1 is 0.341 bits per heavy atom. The Morgan fingerprint density at radius 3 is 1.41 bits per heavy atom. The fourth-order valence-electron chi connectivity index (χ4n) is 7.40. The van der Waals surface area contributed by atoms with E-state index in [1.54, 1.807) is 0 Å². The zero-order valence-corrected chi connectivity index (χ0v) is 23.8. The van der Waals surface area contributed by atoms with Gasteiger partial charge in [0.15, 0.2) is 0 Å². The molecule has 0 atom stereocenters. The van der Waals surface area contributed by atoms with Crippen molar-refractivity contribution in [3.63, 3.8) is 0 Å². The van der Waals surface area contributed by atoms with Crippen molar-refractivity contribution in [2.75, 3.05) is 0 Å². The molecule has 0 aliphatic heterocycles. The summed E-state index contributed by atoms with van der Waals surface area (Å²) in [5, 5.41) is 15.6. The molecule has 0 unspecified atom stereocenters. The summed E-state index contributed by atoms with van der Waals surface area (Å²) in [6.45, 7) is 0. The van der Waals surface area contributed by atoms with Gasteiger partial charge in [0.1, 0.15) is 0 Å². The van der Waals surface area contributed by atoms with Gasteiger partial charge in [-0.25, -0.2) is 0 Å². The van der Waals surface area contributed by atoms with E-state index in [4.69, 9.17) is 0 Å². The van der Waals surface area contributed by atoms with E-state index in [0.29, 0.717) is 0 Å². The summed E-state index contributed by atoms with van der Waals surface area (Å²) in [6.07, 6.45) is 0. The molecular weight excluding hydrogens is 559 g/mol. The SMILES string of the molecule is c1ccc(-c2cc3c4cc(-c5ccccc5)c5ccc6ccc7c(-c8ccccc8)cc(c3[se]2)c2c7c6c5c42)cc1. The van der Waals surface area contributed by atoms with Crippen LogP contribution in [-0.4, -0.2) is 14.5 Å². The average Bonchev–Trinajstić information content (AvgIpc) is 3.65. The zero-order chi connectivity index (χ0) is 26.7. The number of benzene rings is 8. The van der Waals surface area contributed by atoms with E-state index >= 15 is 0 Å². The first-order chi connectivity index (χ1) is 20.3. The minimum atomic E-state index is 0.219. The van der Waals surface area contributed by atoms with Gasteiger partial charge in [-0.1, -0.05) is 0 Å². The van der Waals surface area contributed by atoms with Crippen LogP contribution >= 0.6 is 0 Å². The van der Waals surface area contributed by atoms with Crippen molar-refractivity contribution in [1.82, 2.24) is 0 Å². The molecule has 0 aliphatic carbocycles. The maximum atomic E-state index is 2.52. The third-order valence-corrected chi connectivity index (χ3v) is 11.7. The van der Waals surface area contributed by atoms with E-state index in [1.807, 2.05) is 0 Å². The second-order valence-corrected chi connectivity index (χ2v) is 13.4. The number of hydrogen-bond donors (Lipinski definition) is 0. The predicted molar refractivity (Wildman–Crippen MR) is 178 cm³/mol. The van der Waals surface area contributed by atoms with E-state index in [-0.39, 0.29) is 14.5 Å². The molecule has 10 aromatic rings. The van der Waals surface area contributed by atoms with E-state index in [1.165, 1.54) is 95.8 Å². The molecule has 0 fully saturated rings. The molecule has 1 aromatic heterocycles. The Bertz CT molecular complexity index is 2380. The van der Waals surface area contributed by atoms with Gasteiger partial charge in [0.25, 0.3) is 0 Å². The molecular formula is C40H22Se. The van der Waals surface area contributed by atoms with Crippen LogP contribution in [0.25, 0.3) is 95.8 Å². The van der Waals surface area contributed by atoms with Gasteiger partial charge in [0.05, 0.1) is 0 Å². The molecule has 1 heterocycles. The first-order valence-electron chi connectivity index (χ1n) is 14.2. The molecule has 9 aromatic carbocycles. The van der Waals surface area contributed by atoms with Gasteiger partial charge >= 0.3 is 244 Å². The summed E-state index contributed by atoms with van der Waals surface area (Å²) >= 11 is 0.219. The van der Waals surface area contributed by atoms with Crippen molar-refractivity contribution in [3.8, 4) is 32.3 Å². The van der Waals surface area contributed by atoms with Gasteiger partial charge in [0, 0.05) is 0 Å². The molecule has 41 heavy (non-hydrogen) atoms. The summed E-state index contributed by atoms with van der Waals surface area (Å²) in [4.78, 5) is 0. The summed E-state index contributed by atoms with van der Waals surface area (Å²) in [5.41, 5.74) is 6.59. The Hall–Kier alpha value is -4.68. The molecule has 0 N–H and O–H groups in total. The van der Waals surface area contributed by atoms with E-state index in [2.05, 4.69) is 133 Å². The van der Waals surface area contributed by atoms with Gasteiger partial charge in [-0.2, -0.15) is 0 Å². The molecule has 0 aliphatic rings. The van der Waals surface area contributed by atoms with Crippen LogP contribution in [-0.2, 0) is 0 Å². The third kappa shape index (κ3) is 2.85. The van der Waals surface area contributed by atoms with E-state index < -0.39 is 0 Å². The standard InChI is InChI=1S/C40H22Se/c1-4-10-23(11-5-1)29-20-31-32-22-34(25-14-8-3-9-15-25)41-40(32)33-21-30(24-12-6-2-7-13-24)28-19-17-26-16-18-27(29)36-35(26)37(28)39(33)38(31)36/h1-22H. The van der Waals surface area contributed by atoms with Crippen LogP contribution in [0.1, 0.15) is 0 Å². The first-order valence-corrected chi connectivity index (χ1v) is 15.9. The summed E-state index contributed by atoms with van der Waals surface area (Å²) in [6, 6.07) is 49.9. The van der Waals surface area contributed by atoms with Crippen LogP contribution in [0.3, 0.4) is 0 Å². The monoisotopic (exact) mass is 582 g/mol. The second-order valence-electron chi connectivity index (χ2n) is 11.2. The quantitative estimate of drug-likeness (QED) is 0.144. The van der Waals surface area contributed by atoms with Crippen molar-refractivity contribution < 1.29 is 0 Å². The van der Waals surface area contributed by atoms with Crippen LogP contribution in [0.2, 0.25) is 0 Å². The fraction of sp³-hybridized carbons (Fsp3) is 0. The Morgan fingerprint density at radius 2 is 0.829 bits per heavy atom. The van der Waals surface area contributed by atoms with Crippen molar-refractivity contribution >= 4 is 78.0 Å². The minimum absolute atomic E-state index is 0.219. The summed E-state index contributed by atoms with van der Waals surface area (Å²) in [5.74, 6) is 0. The van der Waals surface area contributed by atoms with Gasteiger partial charge in [-0.15, -0.1) is 0 Å². The van der Waals surface area contributed by atoms with Crippen molar-refractivity contribution in [2.45, 2.75) is 0 Å². The van der Waals surface area contributed by atoms with Gasteiger partial charge < -0.3 is 0 Å². The van der Waals surface area contributed by atoms with Crippen LogP contribution in [0.5, 0.6) is 0 Å².